The van der Waals surface area contributed by atoms with Crippen molar-refractivity contribution in [2.75, 3.05) is 19.7 Å². The third kappa shape index (κ3) is 4.39. The van der Waals surface area contributed by atoms with Crippen molar-refractivity contribution in [1.29, 1.82) is 0 Å². The van der Waals surface area contributed by atoms with Crippen LogP contribution in [-0.2, 0) is 19.3 Å². The van der Waals surface area contributed by atoms with Gasteiger partial charge in [0.1, 0.15) is 6.79 Å². The van der Waals surface area contributed by atoms with E-state index in [0.29, 0.717) is 0 Å². The average molecular weight is 380 g/mol. The summed E-state index contributed by atoms with van der Waals surface area (Å²) in [7, 11) is -3.51. The molecule has 1 aromatic carbocycles. The molecule has 1 rings (SSSR count). The van der Waals surface area contributed by atoms with E-state index in [0.717, 1.165) is 19.2 Å². The second kappa shape index (κ2) is 7.28. The van der Waals surface area contributed by atoms with Crippen molar-refractivity contribution in [3.8, 4) is 0 Å². The first-order valence-corrected chi connectivity index (χ1v) is 8.07. The average Bonchev–Trinajstić information content (AvgIpc) is 2.45. The van der Waals surface area contributed by atoms with E-state index in [4.69, 9.17) is 0 Å². The van der Waals surface area contributed by atoms with Gasteiger partial charge in [-0.2, -0.15) is 26.3 Å². The van der Waals surface area contributed by atoms with Gasteiger partial charge < -0.3 is 9.47 Å². The summed E-state index contributed by atoms with van der Waals surface area (Å²) in [4.78, 5) is -0.380. The SMILES string of the molecule is COCOC(CCS(=O)(=O)c1ccccc1)(C(F)(F)F)C(F)(F)F. The number of halogens is 6. The highest BCUT2D eigenvalue weighted by Crippen LogP contribution is 2.48. The molecule has 1 aromatic rings. The Morgan fingerprint density at radius 3 is 1.88 bits per heavy atom. The predicted octanol–water partition coefficient (Wildman–Crippen LogP) is 3.33. The summed E-state index contributed by atoms with van der Waals surface area (Å²) >= 11 is 0. The lowest BCUT2D eigenvalue weighted by molar-refractivity contribution is -0.392. The van der Waals surface area contributed by atoms with E-state index in [1.54, 1.807) is 0 Å². The van der Waals surface area contributed by atoms with E-state index in [2.05, 4.69) is 9.47 Å². The third-order valence-electron chi connectivity index (χ3n) is 3.16. The number of hydrogen-bond acceptors (Lipinski definition) is 4. The Labute approximate surface area is 134 Å². The summed E-state index contributed by atoms with van der Waals surface area (Å²) in [6.07, 6.45) is -13.6. The Balaban J connectivity index is 3.18. The van der Waals surface area contributed by atoms with Gasteiger partial charge >= 0.3 is 12.4 Å². The molecule has 0 aliphatic rings. The topological polar surface area (TPSA) is 52.6 Å². The molecule has 0 fully saturated rings. The Morgan fingerprint density at radius 1 is 0.958 bits per heavy atom. The highest BCUT2D eigenvalue weighted by Gasteiger charge is 2.72. The minimum Gasteiger partial charge on any atom is -0.359 e. The van der Waals surface area contributed by atoms with E-state index < -0.39 is 46.8 Å². The summed E-state index contributed by atoms with van der Waals surface area (Å²) in [5, 5.41) is 0. The van der Waals surface area contributed by atoms with Crippen molar-refractivity contribution in [1.82, 2.24) is 0 Å². The molecule has 0 saturated carbocycles. The minimum atomic E-state index is -5.88. The predicted molar refractivity (Wildman–Crippen MR) is 70.9 cm³/mol. The molecule has 138 valence electrons. The van der Waals surface area contributed by atoms with Gasteiger partial charge in [0.15, 0.2) is 9.84 Å². The van der Waals surface area contributed by atoms with Crippen molar-refractivity contribution in [2.45, 2.75) is 29.3 Å². The van der Waals surface area contributed by atoms with E-state index in [1.807, 2.05) is 0 Å². The fourth-order valence-corrected chi connectivity index (χ4v) is 3.23. The molecule has 0 spiro atoms. The number of ether oxygens (including phenoxy) is 2. The number of methoxy groups -OCH3 is 1. The first kappa shape index (κ1) is 20.7. The molecule has 4 nitrogen and oxygen atoms in total. The van der Waals surface area contributed by atoms with E-state index >= 15 is 0 Å². The maximum absolute atomic E-state index is 13.1. The molecule has 0 amide bonds. The first-order valence-electron chi connectivity index (χ1n) is 6.41. The Bertz CT molecular complexity index is 610. The van der Waals surface area contributed by atoms with Crippen molar-refractivity contribution in [2.24, 2.45) is 0 Å². The summed E-state index contributed by atoms with van der Waals surface area (Å²) in [6, 6.07) is 6.21. The monoisotopic (exact) mass is 380 g/mol. The molecule has 0 saturated heterocycles. The van der Waals surface area contributed by atoms with E-state index in [1.165, 1.54) is 18.2 Å². The van der Waals surface area contributed by atoms with Crippen LogP contribution in [0.25, 0.3) is 0 Å². The zero-order valence-electron chi connectivity index (χ0n) is 12.3. The smallest absolute Gasteiger partial charge is 0.359 e. The van der Waals surface area contributed by atoms with Crippen LogP contribution in [0.3, 0.4) is 0 Å². The van der Waals surface area contributed by atoms with E-state index in [-0.39, 0.29) is 4.90 Å². The molecular formula is C13H14F6O4S. The van der Waals surface area contributed by atoms with Crippen molar-refractivity contribution in [3.63, 3.8) is 0 Å². The molecular weight excluding hydrogens is 366 g/mol. The van der Waals surface area contributed by atoms with Crippen molar-refractivity contribution in [3.05, 3.63) is 30.3 Å². The van der Waals surface area contributed by atoms with Gasteiger partial charge in [-0.25, -0.2) is 8.42 Å². The van der Waals surface area contributed by atoms with Gasteiger partial charge in [-0.05, 0) is 12.1 Å². The summed E-state index contributed by atoms with van der Waals surface area (Å²) in [5.41, 5.74) is -4.64. The molecule has 0 unspecified atom stereocenters. The minimum absolute atomic E-state index is 0.380. The Hall–Kier alpha value is -1.33. The van der Waals surface area contributed by atoms with Gasteiger partial charge in [0.2, 0.25) is 0 Å². The van der Waals surface area contributed by atoms with Crippen LogP contribution in [0.2, 0.25) is 0 Å². The standard InChI is InChI=1S/C13H14F6O4S/c1-22-9-23-11(12(14,15)16,13(17,18)19)7-8-24(20,21)10-5-3-2-4-6-10/h2-6H,7-9H2,1H3. The fraction of sp³-hybridized carbons (Fsp3) is 0.538. The highest BCUT2D eigenvalue weighted by molar-refractivity contribution is 7.91. The molecule has 0 atom stereocenters. The largest absolute Gasteiger partial charge is 0.426 e. The molecule has 11 heteroatoms. The van der Waals surface area contributed by atoms with Crippen LogP contribution in [0, 0.1) is 0 Å². The number of hydrogen-bond donors (Lipinski definition) is 0. The number of alkyl halides is 6. The maximum atomic E-state index is 13.1. The van der Waals surface area contributed by atoms with Gasteiger partial charge in [0.25, 0.3) is 5.60 Å². The van der Waals surface area contributed by atoms with Crippen LogP contribution in [0.15, 0.2) is 35.2 Å². The van der Waals surface area contributed by atoms with Gasteiger partial charge in [-0.1, -0.05) is 18.2 Å². The molecule has 0 radical (unpaired) electrons. The lowest BCUT2D eigenvalue weighted by atomic mass is 9.99. The van der Waals surface area contributed by atoms with Crippen molar-refractivity contribution >= 4 is 9.84 Å². The quantitative estimate of drug-likeness (QED) is 0.538. The lowest BCUT2D eigenvalue weighted by Crippen LogP contribution is -2.59. The van der Waals surface area contributed by atoms with Crippen LogP contribution in [-0.4, -0.2) is 46.0 Å². The zero-order chi connectivity index (χ0) is 18.6. The molecule has 0 aliphatic heterocycles. The maximum Gasteiger partial charge on any atom is 0.426 e. The zero-order valence-corrected chi connectivity index (χ0v) is 13.1. The second-order valence-corrected chi connectivity index (χ2v) is 6.86. The lowest BCUT2D eigenvalue weighted by Gasteiger charge is -2.36. The molecule has 0 bridgehead atoms. The number of benzene rings is 1. The van der Waals surface area contributed by atoms with Gasteiger partial charge in [0, 0.05) is 13.5 Å². The second-order valence-electron chi connectivity index (χ2n) is 4.76. The molecule has 0 N–H and O–H groups in total. The normalized spacial score (nSPS) is 14.0. The summed E-state index contributed by atoms with van der Waals surface area (Å²) in [5.74, 6) is -1.40. The van der Waals surface area contributed by atoms with Crippen LogP contribution < -0.4 is 0 Å². The fourth-order valence-electron chi connectivity index (χ4n) is 1.86. The molecule has 0 aromatic heterocycles. The molecule has 0 heterocycles. The first-order chi connectivity index (χ1) is 10.9. The number of sulfone groups is 1. The Kier molecular flexibility index (Phi) is 6.28. The van der Waals surface area contributed by atoms with Crippen LogP contribution in [0.1, 0.15) is 6.42 Å². The van der Waals surface area contributed by atoms with Gasteiger partial charge in [-0.15, -0.1) is 0 Å². The van der Waals surface area contributed by atoms with Gasteiger partial charge in [-0.3, -0.25) is 0 Å². The third-order valence-corrected chi connectivity index (χ3v) is 4.90. The highest BCUT2D eigenvalue weighted by atomic mass is 32.2. The summed E-state index contributed by atoms with van der Waals surface area (Å²) < 4.78 is 110. The van der Waals surface area contributed by atoms with Crippen molar-refractivity contribution < 1.29 is 44.2 Å². The summed E-state index contributed by atoms with van der Waals surface area (Å²) in [6.45, 7) is -1.30. The van der Waals surface area contributed by atoms with Gasteiger partial charge in [0.05, 0.1) is 10.6 Å². The Morgan fingerprint density at radius 2 is 1.46 bits per heavy atom. The van der Waals surface area contributed by atoms with E-state index in [9.17, 15) is 34.8 Å². The number of rotatable bonds is 7. The van der Waals surface area contributed by atoms with Crippen LogP contribution in [0.5, 0.6) is 0 Å². The molecule has 24 heavy (non-hydrogen) atoms. The van der Waals surface area contributed by atoms with Crippen LogP contribution >= 0.6 is 0 Å². The van der Waals surface area contributed by atoms with Crippen LogP contribution in [0.4, 0.5) is 26.3 Å². The molecule has 0 aliphatic carbocycles.